The minimum atomic E-state index is -3.98. The van der Waals surface area contributed by atoms with E-state index in [9.17, 15) is 22.0 Å². The monoisotopic (exact) mass is 498 g/mol. The Morgan fingerprint density at radius 1 is 0.824 bits per heavy atom. The summed E-state index contributed by atoms with van der Waals surface area (Å²) in [5, 5.41) is 0.0372. The summed E-state index contributed by atoms with van der Waals surface area (Å²) in [6, 6.07) is 8.58. The van der Waals surface area contributed by atoms with Gasteiger partial charge >= 0.3 is 6.11 Å². The Morgan fingerprint density at radius 2 is 1.41 bits per heavy atom. The summed E-state index contributed by atoms with van der Waals surface area (Å²) in [6.07, 6.45) is 0.00263. The van der Waals surface area contributed by atoms with Crippen LogP contribution < -0.4 is 4.74 Å². The smallest absolute Gasteiger partial charge is 0.426 e. The molecule has 1 aliphatic rings. The van der Waals surface area contributed by atoms with Gasteiger partial charge in [-0.15, -0.1) is 0 Å². The van der Waals surface area contributed by atoms with Crippen molar-refractivity contribution in [1.82, 2.24) is 0 Å². The van der Waals surface area contributed by atoms with Crippen molar-refractivity contribution in [3.05, 3.63) is 87.9 Å². The van der Waals surface area contributed by atoms with Crippen LogP contribution in [0.5, 0.6) is 5.75 Å². The first kappa shape index (κ1) is 24.5. The van der Waals surface area contributed by atoms with Crippen molar-refractivity contribution in [2.24, 2.45) is 5.92 Å². The normalized spacial score (nSPS) is 18.7. The Labute approximate surface area is 198 Å². The molecule has 0 bridgehead atoms. The van der Waals surface area contributed by atoms with Crippen LogP contribution >= 0.6 is 11.6 Å². The minimum absolute atomic E-state index is 0.0372. The van der Waals surface area contributed by atoms with Crippen LogP contribution in [0.2, 0.25) is 5.02 Å². The highest BCUT2D eigenvalue weighted by molar-refractivity contribution is 6.32. The van der Waals surface area contributed by atoms with Crippen LogP contribution in [0.1, 0.15) is 49.7 Å². The maximum absolute atomic E-state index is 15.1. The van der Waals surface area contributed by atoms with Gasteiger partial charge in [0.2, 0.25) is 0 Å². The summed E-state index contributed by atoms with van der Waals surface area (Å²) >= 11 is 6.35. The van der Waals surface area contributed by atoms with Crippen molar-refractivity contribution in [1.29, 1.82) is 0 Å². The maximum atomic E-state index is 15.1. The third-order valence-corrected chi connectivity index (χ3v) is 6.69. The van der Waals surface area contributed by atoms with Gasteiger partial charge in [-0.25, -0.2) is 17.6 Å². The molecule has 0 saturated heterocycles. The van der Waals surface area contributed by atoms with E-state index in [2.05, 4.69) is 11.7 Å². The van der Waals surface area contributed by atoms with E-state index in [1.165, 1.54) is 12.1 Å². The largest absolute Gasteiger partial charge is 0.429 e. The van der Waals surface area contributed by atoms with Gasteiger partial charge in [0.1, 0.15) is 11.6 Å². The zero-order valence-corrected chi connectivity index (χ0v) is 18.9. The molecule has 0 aliphatic heterocycles. The number of hydrogen-bond donors (Lipinski definition) is 0. The van der Waals surface area contributed by atoms with E-state index >= 15 is 4.39 Å². The molecule has 1 fully saturated rings. The second kappa shape index (κ2) is 9.53. The Kier molecular flexibility index (Phi) is 6.85. The average molecular weight is 499 g/mol. The first-order valence-electron chi connectivity index (χ1n) is 10.9. The number of benzene rings is 3. The van der Waals surface area contributed by atoms with Gasteiger partial charge in [-0.2, -0.15) is 8.78 Å². The zero-order valence-electron chi connectivity index (χ0n) is 18.2. The summed E-state index contributed by atoms with van der Waals surface area (Å²) in [7, 11) is 0. The Morgan fingerprint density at radius 3 is 2.00 bits per heavy atom. The van der Waals surface area contributed by atoms with Gasteiger partial charge < -0.3 is 4.74 Å². The molecule has 4 rings (SSSR count). The van der Waals surface area contributed by atoms with Gasteiger partial charge in [0.25, 0.3) is 0 Å². The molecule has 0 unspecified atom stereocenters. The second-order valence-electron chi connectivity index (χ2n) is 8.68. The van der Waals surface area contributed by atoms with Gasteiger partial charge in [-0.05, 0) is 47.9 Å². The van der Waals surface area contributed by atoms with Crippen molar-refractivity contribution in [2.75, 3.05) is 0 Å². The predicted octanol–water partition coefficient (Wildman–Crippen LogP) is 8.99. The van der Waals surface area contributed by atoms with E-state index in [1.54, 1.807) is 12.1 Å². The van der Waals surface area contributed by atoms with Crippen molar-refractivity contribution >= 4 is 11.6 Å². The lowest BCUT2D eigenvalue weighted by atomic mass is 9.79. The zero-order chi connectivity index (χ0) is 24.6. The average Bonchev–Trinajstić information content (AvgIpc) is 2.80. The van der Waals surface area contributed by atoms with Gasteiger partial charge in [0.05, 0.1) is 10.6 Å². The molecule has 0 aromatic heterocycles. The maximum Gasteiger partial charge on any atom is 0.426 e. The molecule has 0 N–H and O–H groups in total. The van der Waals surface area contributed by atoms with E-state index in [0.717, 1.165) is 43.4 Å². The van der Waals surface area contributed by atoms with Crippen LogP contribution in [-0.4, -0.2) is 0 Å². The second-order valence-corrected chi connectivity index (χ2v) is 9.06. The quantitative estimate of drug-likeness (QED) is 0.252. The van der Waals surface area contributed by atoms with Crippen LogP contribution in [0, 0.1) is 29.2 Å². The molecule has 1 nitrogen and oxygen atoms in total. The number of alkyl halides is 2. The lowest BCUT2D eigenvalue weighted by molar-refractivity contribution is -0.185. The first-order chi connectivity index (χ1) is 16.1. The van der Waals surface area contributed by atoms with E-state index < -0.39 is 40.7 Å². The molecule has 1 saturated carbocycles. The summed E-state index contributed by atoms with van der Waals surface area (Å²) in [5.74, 6) is -5.77. The summed E-state index contributed by atoms with van der Waals surface area (Å²) in [5.41, 5.74) is 0.601. The molecular weight excluding hydrogens is 478 g/mol. The highest BCUT2D eigenvalue weighted by atomic mass is 35.5. The van der Waals surface area contributed by atoms with Gasteiger partial charge in [0.15, 0.2) is 17.5 Å². The molecule has 34 heavy (non-hydrogen) atoms. The van der Waals surface area contributed by atoms with Gasteiger partial charge in [-0.3, -0.25) is 0 Å². The number of halogens is 7. The predicted molar refractivity (Wildman–Crippen MR) is 118 cm³/mol. The van der Waals surface area contributed by atoms with E-state index in [1.807, 2.05) is 0 Å². The number of hydrogen-bond acceptors (Lipinski definition) is 1. The van der Waals surface area contributed by atoms with Crippen molar-refractivity contribution in [3.8, 4) is 16.9 Å². The van der Waals surface area contributed by atoms with Gasteiger partial charge in [-0.1, -0.05) is 55.6 Å². The fourth-order valence-corrected chi connectivity index (χ4v) is 4.63. The van der Waals surface area contributed by atoms with Crippen LogP contribution in [-0.2, 0) is 6.11 Å². The summed E-state index contributed by atoms with van der Waals surface area (Å²) in [6.45, 7) is 2.19. The molecule has 0 radical (unpaired) electrons. The van der Waals surface area contributed by atoms with Crippen LogP contribution in [0.4, 0.5) is 26.3 Å². The molecule has 8 heteroatoms. The summed E-state index contributed by atoms with van der Waals surface area (Å²) in [4.78, 5) is 0. The van der Waals surface area contributed by atoms with E-state index in [4.69, 9.17) is 11.6 Å². The van der Waals surface area contributed by atoms with Crippen LogP contribution in [0.3, 0.4) is 0 Å². The topological polar surface area (TPSA) is 9.23 Å². The van der Waals surface area contributed by atoms with Crippen LogP contribution in [0.15, 0.2) is 48.5 Å². The number of ether oxygens (including phenoxy) is 1. The lowest BCUT2D eigenvalue weighted by Crippen LogP contribution is -2.22. The summed E-state index contributed by atoms with van der Waals surface area (Å²) < 4.78 is 88.2. The fraction of sp³-hybridized carbons (Fsp3) is 0.308. The SMILES string of the molecule is CC1CCC(c2ccc(-c3ccc(C(F)(F)Oc4cc(F)c(F)c(F)c4)cc3)c(F)c2Cl)CC1. The molecule has 0 heterocycles. The molecular formula is C26H21ClF6O. The third kappa shape index (κ3) is 4.90. The molecule has 0 atom stereocenters. The van der Waals surface area contributed by atoms with Gasteiger partial charge in [0, 0.05) is 17.7 Å². The van der Waals surface area contributed by atoms with E-state index in [-0.39, 0.29) is 16.5 Å². The first-order valence-corrected chi connectivity index (χ1v) is 11.2. The highest BCUT2D eigenvalue weighted by Gasteiger charge is 2.35. The Bertz CT molecular complexity index is 1160. The molecule has 0 spiro atoms. The molecule has 180 valence electrons. The standard InChI is InChI=1S/C26H21ClF6O/c1-14-2-4-15(5-3-14)19-10-11-20(24(30)23(19)27)16-6-8-17(9-7-16)26(32,33)34-18-12-21(28)25(31)22(29)13-18/h6-15H,2-5H2,1H3. The van der Waals surface area contributed by atoms with E-state index in [0.29, 0.717) is 23.6 Å². The molecule has 3 aromatic carbocycles. The molecule has 3 aromatic rings. The third-order valence-electron chi connectivity index (χ3n) is 6.30. The van der Waals surface area contributed by atoms with Crippen molar-refractivity contribution in [3.63, 3.8) is 0 Å². The van der Waals surface area contributed by atoms with Crippen molar-refractivity contribution in [2.45, 2.75) is 44.6 Å². The Balaban J connectivity index is 1.55. The Hall–Kier alpha value is -2.67. The number of rotatable bonds is 5. The highest BCUT2D eigenvalue weighted by Crippen LogP contribution is 2.41. The van der Waals surface area contributed by atoms with Crippen LogP contribution in [0.25, 0.3) is 11.1 Å². The fourth-order valence-electron chi connectivity index (χ4n) is 4.32. The molecule has 1 aliphatic carbocycles. The molecule has 0 amide bonds. The van der Waals surface area contributed by atoms with Crippen molar-refractivity contribution < 1.29 is 31.1 Å². The minimum Gasteiger partial charge on any atom is -0.429 e. The lowest BCUT2D eigenvalue weighted by Gasteiger charge is -2.27.